The smallest absolute Gasteiger partial charge is 0.339 e. The van der Waals surface area contributed by atoms with E-state index in [-0.39, 0.29) is 5.56 Å². The number of nitrogens with zero attached hydrogens (tertiary/aromatic N) is 1. The van der Waals surface area contributed by atoms with E-state index in [1.165, 1.54) is 0 Å². The Kier molecular flexibility index (Phi) is 4.76. The van der Waals surface area contributed by atoms with Crippen molar-refractivity contribution >= 4 is 5.97 Å². The lowest BCUT2D eigenvalue weighted by molar-refractivity contribution is 0.0691. The molecule has 1 heterocycles. The molecule has 0 aromatic heterocycles. The van der Waals surface area contributed by atoms with E-state index in [0.29, 0.717) is 18.3 Å². The third-order valence-corrected chi connectivity index (χ3v) is 3.49. The molecule has 1 fully saturated rings. The van der Waals surface area contributed by atoms with Crippen LogP contribution >= 0.6 is 0 Å². The van der Waals surface area contributed by atoms with Crippen LogP contribution in [0.15, 0.2) is 24.3 Å². The van der Waals surface area contributed by atoms with Crippen molar-refractivity contribution in [2.75, 3.05) is 32.8 Å². The molecule has 1 aromatic rings. The Morgan fingerprint density at radius 3 is 2.95 bits per heavy atom. The summed E-state index contributed by atoms with van der Waals surface area (Å²) in [5, 5.41) is 9.04. The minimum Gasteiger partial charge on any atom is -0.491 e. The molecule has 5 nitrogen and oxygen atoms in total. The van der Waals surface area contributed by atoms with Crippen molar-refractivity contribution in [2.24, 2.45) is 11.7 Å². The van der Waals surface area contributed by atoms with Crippen LogP contribution in [-0.2, 0) is 0 Å². The Balaban J connectivity index is 1.82. The van der Waals surface area contributed by atoms with Gasteiger partial charge in [0, 0.05) is 13.1 Å². The second-order valence-corrected chi connectivity index (χ2v) is 4.84. The highest BCUT2D eigenvalue weighted by atomic mass is 16.5. The van der Waals surface area contributed by atoms with E-state index in [1.54, 1.807) is 24.3 Å². The van der Waals surface area contributed by atoms with Gasteiger partial charge in [0.15, 0.2) is 0 Å². The lowest BCUT2D eigenvalue weighted by atomic mass is 10.1. The van der Waals surface area contributed by atoms with Crippen molar-refractivity contribution in [2.45, 2.75) is 6.42 Å². The molecule has 5 heteroatoms. The number of para-hydroxylation sites is 1. The van der Waals surface area contributed by atoms with Crippen LogP contribution in [0.4, 0.5) is 0 Å². The Morgan fingerprint density at radius 2 is 2.26 bits per heavy atom. The summed E-state index contributed by atoms with van der Waals surface area (Å²) in [6.07, 6.45) is 1.14. The fourth-order valence-electron chi connectivity index (χ4n) is 2.36. The summed E-state index contributed by atoms with van der Waals surface area (Å²) in [7, 11) is 0. The summed E-state index contributed by atoms with van der Waals surface area (Å²) in [5.41, 5.74) is 5.86. The van der Waals surface area contributed by atoms with Crippen LogP contribution in [0, 0.1) is 5.92 Å². The van der Waals surface area contributed by atoms with Gasteiger partial charge in [-0.1, -0.05) is 12.1 Å². The van der Waals surface area contributed by atoms with Crippen molar-refractivity contribution in [1.82, 2.24) is 4.90 Å². The highest BCUT2D eigenvalue weighted by Gasteiger charge is 2.20. The van der Waals surface area contributed by atoms with Gasteiger partial charge in [0.1, 0.15) is 17.9 Å². The molecule has 2 rings (SSSR count). The van der Waals surface area contributed by atoms with Crippen molar-refractivity contribution in [1.29, 1.82) is 0 Å². The number of rotatable bonds is 6. The van der Waals surface area contributed by atoms with Crippen LogP contribution in [0.2, 0.25) is 0 Å². The molecule has 0 bridgehead atoms. The fraction of sp³-hybridized carbons (Fsp3) is 0.500. The molecule has 1 aromatic carbocycles. The molecule has 19 heavy (non-hydrogen) atoms. The Labute approximate surface area is 113 Å². The number of carboxylic acid groups (broad SMARTS) is 1. The first-order chi connectivity index (χ1) is 9.20. The topological polar surface area (TPSA) is 75.8 Å². The molecule has 0 aliphatic carbocycles. The van der Waals surface area contributed by atoms with Gasteiger partial charge in [-0.05, 0) is 37.6 Å². The normalized spacial score (nSPS) is 19.5. The van der Waals surface area contributed by atoms with Crippen molar-refractivity contribution in [3.63, 3.8) is 0 Å². The predicted octanol–water partition coefficient (Wildman–Crippen LogP) is 1.04. The first kappa shape index (κ1) is 13.8. The average Bonchev–Trinajstić information content (AvgIpc) is 2.87. The standard InChI is InChI=1S/C14H20N2O3/c15-9-11-5-6-16(10-11)7-8-19-13-4-2-1-3-12(13)14(17)18/h1-4,11H,5-10,15H2,(H,17,18). The zero-order valence-corrected chi connectivity index (χ0v) is 10.9. The fourth-order valence-corrected chi connectivity index (χ4v) is 2.36. The molecule has 0 radical (unpaired) electrons. The van der Waals surface area contributed by atoms with Crippen molar-refractivity contribution in [3.05, 3.63) is 29.8 Å². The molecule has 104 valence electrons. The number of carbonyl (C=O) groups is 1. The maximum atomic E-state index is 11.0. The predicted molar refractivity (Wildman–Crippen MR) is 72.5 cm³/mol. The third kappa shape index (κ3) is 3.68. The highest BCUT2D eigenvalue weighted by molar-refractivity contribution is 5.90. The van der Waals surface area contributed by atoms with Gasteiger partial charge in [0.05, 0.1) is 0 Å². The lowest BCUT2D eigenvalue weighted by Gasteiger charge is -2.16. The van der Waals surface area contributed by atoms with E-state index < -0.39 is 5.97 Å². The number of carboxylic acids is 1. The number of hydrogen-bond donors (Lipinski definition) is 2. The summed E-state index contributed by atoms with van der Waals surface area (Å²) in [6.45, 7) is 4.11. The van der Waals surface area contributed by atoms with Gasteiger partial charge in [-0.25, -0.2) is 4.79 Å². The first-order valence-corrected chi connectivity index (χ1v) is 6.58. The maximum absolute atomic E-state index is 11.0. The number of hydrogen-bond acceptors (Lipinski definition) is 4. The quantitative estimate of drug-likeness (QED) is 0.803. The molecule has 0 amide bonds. The van der Waals surface area contributed by atoms with Gasteiger partial charge in [0.2, 0.25) is 0 Å². The molecule has 1 saturated heterocycles. The largest absolute Gasteiger partial charge is 0.491 e. The average molecular weight is 264 g/mol. The summed E-state index contributed by atoms with van der Waals surface area (Å²) in [5.74, 6) is 0.0656. The molecule has 0 spiro atoms. The lowest BCUT2D eigenvalue weighted by Crippen LogP contribution is -2.27. The SMILES string of the molecule is NCC1CCN(CCOc2ccccc2C(=O)O)C1. The molecule has 1 aliphatic heterocycles. The zero-order valence-electron chi connectivity index (χ0n) is 10.9. The van der Waals surface area contributed by atoms with Crippen LogP contribution in [0.3, 0.4) is 0 Å². The highest BCUT2D eigenvalue weighted by Crippen LogP contribution is 2.18. The van der Waals surface area contributed by atoms with Crippen LogP contribution in [0.1, 0.15) is 16.8 Å². The molecule has 1 unspecified atom stereocenters. The van der Waals surface area contributed by atoms with E-state index in [0.717, 1.165) is 32.6 Å². The first-order valence-electron chi connectivity index (χ1n) is 6.58. The Hall–Kier alpha value is -1.59. The minimum absolute atomic E-state index is 0.212. The second-order valence-electron chi connectivity index (χ2n) is 4.84. The van der Waals surface area contributed by atoms with Crippen molar-refractivity contribution in [3.8, 4) is 5.75 Å². The molecule has 1 atom stereocenters. The van der Waals surface area contributed by atoms with E-state index in [1.807, 2.05) is 0 Å². The maximum Gasteiger partial charge on any atom is 0.339 e. The van der Waals surface area contributed by atoms with Gasteiger partial charge >= 0.3 is 5.97 Å². The number of likely N-dealkylation sites (tertiary alicyclic amines) is 1. The van der Waals surface area contributed by atoms with Crippen molar-refractivity contribution < 1.29 is 14.6 Å². The van der Waals surface area contributed by atoms with Crippen LogP contribution < -0.4 is 10.5 Å². The summed E-state index contributed by atoms with van der Waals surface area (Å²) in [4.78, 5) is 13.3. The molecule has 0 saturated carbocycles. The van der Waals surface area contributed by atoms with Crippen LogP contribution in [-0.4, -0.2) is 48.8 Å². The van der Waals surface area contributed by atoms with E-state index in [9.17, 15) is 4.79 Å². The number of aromatic carboxylic acids is 1. The van der Waals surface area contributed by atoms with Gasteiger partial charge in [-0.2, -0.15) is 0 Å². The third-order valence-electron chi connectivity index (χ3n) is 3.49. The van der Waals surface area contributed by atoms with E-state index in [4.69, 9.17) is 15.6 Å². The molecular formula is C14H20N2O3. The van der Waals surface area contributed by atoms with E-state index >= 15 is 0 Å². The van der Waals surface area contributed by atoms with Crippen LogP contribution in [0.5, 0.6) is 5.75 Å². The van der Waals surface area contributed by atoms with Gasteiger partial charge in [-0.15, -0.1) is 0 Å². The van der Waals surface area contributed by atoms with E-state index in [2.05, 4.69) is 4.90 Å². The van der Waals surface area contributed by atoms with Gasteiger partial charge in [-0.3, -0.25) is 4.90 Å². The summed E-state index contributed by atoms with van der Waals surface area (Å²) in [6, 6.07) is 6.72. The molecule has 3 N–H and O–H groups in total. The Bertz CT molecular complexity index is 436. The monoisotopic (exact) mass is 264 g/mol. The molecule has 1 aliphatic rings. The second kappa shape index (κ2) is 6.54. The number of ether oxygens (including phenoxy) is 1. The number of nitrogens with two attached hydrogens (primary N) is 1. The minimum atomic E-state index is -0.958. The number of benzene rings is 1. The van der Waals surface area contributed by atoms with Gasteiger partial charge < -0.3 is 15.6 Å². The van der Waals surface area contributed by atoms with Gasteiger partial charge in [0.25, 0.3) is 0 Å². The Morgan fingerprint density at radius 1 is 1.47 bits per heavy atom. The summed E-state index contributed by atoms with van der Waals surface area (Å²) < 4.78 is 5.58. The summed E-state index contributed by atoms with van der Waals surface area (Å²) >= 11 is 0. The zero-order chi connectivity index (χ0) is 13.7. The van der Waals surface area contributed by atoms with Crippen LogP contribution in [0.25, 0.3) is 0 Å². The molecular weight excluding hydrogens is 244 g/mol.